The molecule has 0 aliphatic heterocycles. The second-order valence-corrected chi connectivity index (χ2v) is 16.6. The smallest absolute Gasteiger partial charge is 0.164 e. The van der Waals surface area contributed by atoms with Crippen LogP contribution in [0.2, 0.25) is 0 Å². The fourth-order valence-electron chi connectivity index (χ4n) is 8.82. The largest absolute Gasteiger partial charge is 0.208 e. The summed E-state index contributed by atoms with van der Waals surface area (Å²) in [5.74, 6) is 1.98. The Bertz CT molecular complexity index is 3200. The van der Waals surface area contributed by atoms with E-state index < -0.39 is 0 Å². The summed E-state index contributed by atoms with van der Waals surface area (Å²) in [4.78, 5) is 15.5. The van der Waals surface area contributed by atoms with Gasteiger partial charge in [0, 0.05) is 42.3 Å². The van der Waals surface area contributed by atoms with E-state index in [1.54, 1.807) is 0 Å². The standard InChI is InChI=1S/C54H37N3S/c1-54(2)46-25-8-6-21-44(46)49-45(24-13-26-47(49)54)53-56-51(36-14-4-3-5-15-36)55-52(57-53)40-19-11-17-38(33-40)35-30-28-34(29-31-35)37-16-10-18-39(32-37)41-22-12-23-43-42-20-7-9-27-48(42)58-50(41)43/h3-33H,1-2H3. The molecule has 0 amide bonds. The van der Waals surface area contributed by atoms with Crippen LogP contribution in [0.15, 0.2) is 188 Å². The minimum Gasteiger partial charge on any atom is -0.208 e. The highest BCUT2D eigenvalue weighted by Gasteiger charge is 2.37. The van der Waals surface area contributed by atoms with Crippen molar-refractivity contribution in [3.8, 4) is 78.7 Å². The van der Waals surface area contributed by atoms with Crippen molar-refractivity contribution in [3.05, 3.63) is 199 Å². The number of thiophene rings is 1. The molecule has 0 saturated heterocycles. The molecule has 0 spiro atoms. The number of hydrogen-bond donors (Lipinski definition) is 0. The highest BCUT2D eigenvalue weighted by Crippen LogP contribution is 2.51. The van der Waals surface area contributed by atoms with E-state index in [2.05, 4.69) is 184 Å². The van der Waals surface area contributed by atoms with E-state index in [4.69, 9.17) is 15.0 Å². The van der Waals surface area contributed by atoms with E-state index in [0.29, 0.717) is 17.5 Å². The Hall–Kier alpha value is -7.01. The van der Waals surface area contributed by atoms with Gasteiger partial charge in [-0.15, -0.1) is 11.3 Å². The average molecular weight is 760 g/mol. The quantitative estimate of drug-likeness (QED) is 0.169. The van der Waals surface area contributed by atoms with Gasteiger partial charge in [0.15, 0.2) is 17.5 Å². The lowest BCUT2D eigenvalue weighted by molar-refractivity contribution is 0.660. The first-order valence-electron chi connectivity index (χ1n) is 19.8. The van der Waals surface area contributed by atoms with Crippen LogP contribution in [0, 0.1) is 0 Å². The second kappa shape index (κ2) is 13.6. The fraction of sp³-hybridized carbons (Fsp3) is 0.0556. The summed E-state index contributed by atoms with van der Waals surface area (Å²) in [5, 5.41) is 2.64. The molecular formula is C54H37N3S. The summed E-state index contributed by atoms with van der Waals surface area (Å²) >= 11 is 1.87. The van der Waals surface area contributed by atoms with E-state index >= 15 is 0 Å². The van der Waals surface area contributed by atoms with Crippen LogP contribution in [0.3, 0.4) is 0 Å². The molecule has 4 heteroatoms. The van der Waals surface area contributed by atoms with Gasteiger partial charge < -0.3 is 0 Å². The highest BCUT2D eigenvalue weighted by atomic mass is 32.1. The van der Waals surface area contributed by atoms with Crippen LogP contribution < -0.4 is 0 Å². The molecule has 0 unspecified atom stereocenters. The van der Waals surface area contributed by atoms with Gasteiger partial charge in [-0.25, -0.2) is 15.0 Å². The van der Waals surface area contributed by atoms with Crippen molar-refractivity contribution in [2.75, 3.05) is 0 Å². The summed E-state index contributed by atoms with van der Waals surface area (Å²) in [5.41, 5.74) is 15.0. The zero-order chi connectivity index (χ0) is 38.8. The zero-order valence-electron chi connectivity index (χ0n) is 32.1. The van der Waals surface area contributed by atoms with Gasteiger partial charge in [-0.3, -0.25) is 0 Å². The van der Waals surface area contributed by atoms with Gasteiger partial charge in [0.25, 0.3) is 0 Å². The molecule has 3 nitrogen and oxygen atoms in total. The predicted molar refractivity (Wildman–Crippen MR) is 243 cm³/mol. The molecule has 0 radical (unpaired) electrons. The maximum Gasteiger partial charge on any atom is 0.164 e. The Kier molecular flexibility index (Phi) is 8.02. The van der Waals surface area contributed by atoms with Crippen LogP contribution in [-0.2, 0) is 5.41 Å². The number of fused-ring (bicyclic) bond motifs is 6. The monoisotopic (exact) mass is 759 g/mol. The van der Waals surface area contributed by atoms with Gasteiger partial charge in [0.1, 0.15) is 0 Å². The molecule has 0 saturated carbocycles. The summed E-state index contributed by atoms with van der Waals surface area (Å²) in [7, 11) is 0. The van der Waals surface area contributed by atoms with Crippen LogP contribution in [0.4, 0.5) is 0 Å². The van der Waals surface area contributed by atoms with Gasteiger partial charge in [0.2, 0.25) is 0 Å². The van der Waals surface area contributed by atoms with E-state index in [1.165, 1.54) is 64.7 Å². The molecule has 0 bridgehead atoms. The molecule has 10 aromatic rings. The molecule has 274 valence electrons. The molecule has 2 heterocycles. The molecular weight excluding hydrogens is 723 g/mol. The van der Waals surface area contributed by atoms with E-state index in [1.807, 2.05) is 29.5 Å². The normalized spacial score (nSPS) is 12.8. The third-order valence-electron chi connectivity index (χ3n) is 11.8. The first kappa shape index (κ1) is 34.3. The Labute approximate surface area is 342 Å². The topological polar surface area (TPSA) is 38.7 Å². The van der Waals surface area contributed by atoms with Crippen molar-refractivity contribution >= 4 is 31.5 Å². The number of hydrogen-bond acceptors (Lipinski definition) is 4. The highest BCUT2D eigenvalue weighted by molar-refractivity contribution is 7.26. The predicted octanol–water partition coefficient (Wildman–Crippen LogP) is 14.5. The molecule has 1 aliphatic rings. The van der Waals surface area contributed by atoms with Crippen LogP contribution >= 0.6 is 11.3 Å². The van der Waals surface area contributed by atoms with Crippen molar-refractivity contribution in [2.45, 2.75) is 19.3 Å². The number of benzene rings is 8. The third kappa shape index (κ3) is 5.68. The Morgan fingerprint density at radius 1 is 0.362 bits per heavy atom. The maximum absolute atomic E-state index is 5.23. The Morgan fingerprint density at radius 2 is 0.879 bits per heavy atom. The summed E-state index contributed by atoms with van der Waals surface area (Å²) in [6, 6.07) is 67.2. The molecule has 11 rings (SSSR count). The van der Waals surface area contributed by atoms with Gasteiger partial charge >= 0.3 is 0 Å². The lowest BCUT2D eigenvalue weighted by Gasteiger charge is -2.21. The van der Waals surface area contributed by atoms with E-state index in [9.17, 15) is 0 Å². The van der Waals surface area contributed by atoms with Crippen molar-refractivity contribution in [3.63, 3.8) is 0 Å². The van der Waals surface area contributed by atoms with Crippen molar-refractivity contribution in [1.29, 1.82) is 0 Å². The number of rotatable bonds is 6. The molecule has 0 atom stereocenters. The fourth-order valence-corrected chi connectivity index (χ4v) is 10.1. The SMILES string of the molecule is CC1(C)c2ccccc2-c2c(-c3nc(-c4ccccc4)nc(-c4cccc(-c5ccc(-c6cccc(-c7cccc8c7sc7ccccc78)c6)cc5)c4)n3)cccc21. The number of aromatic nitrogens is 3. The number of nitrogens with zero attached hydrogens (tertiary/aromatic N) is 3. The van der Waals surface area contributed by atoms with Gasteiger partial charge in [-0.1, -0.05) is 184 Å². The third-order valence-corrected chi connectivity index (χ3v) is 13.0. The molecule has 8 aromatic carbocycles. The maximum atomic E-state index is 5.23. The summed E-state index contributed by atoms with van der Waals surface area (Å²) in [6.45, 7) is 4.61. The van der Waals surface area contributed by atoms with Gasteiger partial charge in [-0.2, -0.15) is 0 Å². The Balaban J connectivity index is 0.959. The molecule has 0 fully saturated rings. The minimum atomic E-state index is -0.124. The molecule has 58 heavy (non-hydrogen) atoms. The first-order valence-corrected chi connectivity index (χ1v) is 20.6. The molecule has 0 N–H and O–H groups in total. The molecule has 2 aromatic heterocycles. The van der Waals surface area contributed by atoms with Crippen LogP contribution in [0.5, 0.6) is 0 Å². The van der Waals surface area contributed by atoms with Crippen molar-refractivity contribution in [1.82, 2.24) is 15.0 Å². The van der Waals surface area contributed by atoms with Crippen molar-refractivity contribution < 1.29 is 0 Å². The lowest BCUT2D eigenvalue weighted by Crippen LogP contribution is -2.14. The van der Waals surface area contributed by atoms with Gasteiger partial charge in [-0.05, 0) is 73.8 Å². The van der Waals surface area contributed by atoms with Gasteiger partial charge in [0.05, 0.1) is 0 Å². The van der Waals surface area contributed by atoms with E-state index in [-0.39, 0.29) is 5.41 Å². The minimum absolute atomic E-state index is 0.124. The Morgan fingerprint density at radius 3 is 1.67 bits per heavy atom. The summed E-state index contributed by atoms with van der Waals surface area (Å²) < 4.78 is 2.65. The lowest BCUT2D eigenvalue weighted by atomic mass is 9.82. The van der Waals surface area contributed by atoms with Crippen LogP contribution in [-0.4, -0.2) is 15.0 Å². The average Bonchev–Trinajstić information content (AvgIpc) is 3.79. The first-order chi connectivity index (χ1) is 28.5. The second-order valence-electron chi connectivity index (χ2n) is 15.6. The zero-order valence-corrected chi connectivity index (χ0v) is 33.0. The van der Waals surface area contributed by atoms with E-state index in [0.717, 1.165) is 27.8 Å². The van der Waals surface area contributed by atoms with Crippen molar-refractivity contribution in [2.24, 2.45) is 0 Å². The van der Waals surface area contributed by atoms with Crippen LogP contribution in [0.1, 0.15) is 25.0 Å². The van der Waals surface area contributed by atoms with Crippen LogP contribution in [0.25, 0.3) is 98.8 Å². The molecule has 1 aliphatic carbocycles. The summed E-state index contributed by atoms with van der Waals surface area (Å²) in [6.07, 6.45) is 0.